The number of hydrogen-bond donors (Lipinski definition) is 2. The van der Waals surface area contributed by atoms with Crippen molar-refractivity contribution in [2.75, 3.05) is 0 Å². The third-order valence-electron chi connectivity index (χ3n) is 2.18. The van der Waals surface area contributed by atoms with Crippen LogP contribution in [-0.2, 0) is 11.2 Å². The van der Waals surface area contributed by atoms with Crippen LogP contribution in [0.5, 0.6) is 5.75 Å². The molecule has 0 saturated carbocycles. The smallest absolute Gasteiger partial charge is 0.336 e. The van der Waals surface area contributed by atoms with Gasteiger partial charge in [-0.15, -0.1) is 0 Å². The Hall–Kier alpha value is -2.30. The van der Waals surface area contributed by atoms with Crippen molar-refractivity contribution in [3.8, 4) is 5.75 Å². The molecule has 0 bridgehead atoms. The molecule has 82 valence electrons. The Balaban J connectivity index is 2.72. The molecule has 1 aromatic heterocycles. The van der Waals surface area contributed by atoms with E-state index < -0.39 is 11.5 Å². The van der Waals surface area contributed by atoms with Crippen LogP contribution in [0.1, 0.15) is 5.56 Å². The molecule has 2 aromatic rings. The van der Waals surface area contributed by atoms with Gasteiger partial charge in [-0.05, 0) is 17.7 Å². The van der Waals surface area contributed by atoms with Crippen LogP contribution in [0.4, 0.5) is 0 Å². The molecule has 1 aromatic carbocycles. The summed E-state index contributed by atoms with van der Waals surface area (Å²) < 4.78 is 4.90. The van der Waals surface area contributed by atoms with Crippen LogP contribution >= 0.6 is 0 Å². The highest BCUT2D eigenvalue weighted by Crippen LogP contribution is 2.21. The van der Waals surface area contributed by atoms with Crippen LogP contribution in [0, 0.1) is 0 Å². The quantitative estimate of drug-likeness (QED) is 0.720. The summed E-state index contributed by atoms with van der Waals surface area (Å²) in [4.78, 5) is 22.0. The third-order valence-corrected chi connectivity index (χ3v) is 2.18. The van der Waals surface area contributed by atoms with Crippen LogP contribution in [0.2, 0.25) is 0 Å². The molecule has 0 aliphatic heterocycles. The third kappa shape index (κ3) is 1.88. The van der Waals surface area contributed by atoms with Crippen LogP contribution in [0.15, 0.2) is 33.5 Å². The van der Waals surface area contributed by atoms with Gasteiger partial charge in [-0.2, -0.15) is 0 Å². The summed E-state index contributed by atoms with van der Waals surface area (Å²) in [5.74, 6) is -0.535. The average Bonchev–Trinajstić information content (AvgIpc) is 2.15. The zero-order valence-electron chi connectivity index (χ0n) is 8.27. The molecule has 2 rings (SSSR count). The summed E-state index contributed by atoms with van der Waals surface area (Å²) in [5.41, 5.74) is 5.24. The first-order valence-electron chi connectivity index (χ1n) is 4.60. The number of fused-ring (bicyclic) bond motifs is 1. The molecule has 3 N–H and O–H groups in total. The fourth-order valence-corrected chi connectivity index (χ4v) is 1.55. The highest BCUT2D eigenvalue weighted by atomic mass is 16.4. The van der Waals surface area contributed by atoms with E-state index in [0.717, 1.165) is 0 Å². The van der Waals surface area contributed by atoms with Crippen molar-refractivity contribution < 1.29 is 14.3 Å². The second-order valence-corrected chi connectivity index (χ2v) is 3.41. The molecule has 0 atom stereocenters. The number of phenols is 1. The van der Waals surface area contributed by atoms with Gasteiger partial charge in [0.2, 0.25) is 5.91 Å². The molecule has 1 heterocycles. The lowest BCUT2D eigenvalue weighted by Gasteiger charge is -2.03. The van der Waals surface area contributed by atoms with E-state index in [9.17, 15) is 14.7 Å². The van der Waals surface area contributed by atoms with Crippen LogP contribution < -0.4 is 11.4 Å². The molecule has 0 spiro atoms. The van der Waals surface area contributed by atoms with E-state index in [4.69, 9.17) is 10.2 Å². The van der Waals surface area contributed by atoms with Crippen LogP contribution in [0.25, 0.3) is 11.0 Å². The molecule has 1 amide bonds. The van der Waals surface area contributed by atoms with E-state index in [1.807, 2.05) is 0 Å². The Kier molecular flexibility index (Phi) is 2.36. The Bertz CT molecular complexity index is 615. The Morgan fingerprint density at radius 2 is 2.12 bits per heavy atom. The molecule has 0 fully saturated rings. The topological polar surface area (TPSA) is 93.5 Å². The maximum Gasteiger partial charge on any atom is 0.336 e. The van der Waals surface area contributed by atoms with E-state index in [2.05, 4.69) is 0 Å². The van der Waals surface area contributed by atoms with Gasteiger partial charge >= 0.3 is 5.63 Å². The van der Waals surface area contributed by atoms with Crippen molar-refractivity contribution in [3.05, 3.63) is 40.2 Å². The fraction of sp³-hybridized carbons (Fsp3) is 0.0909. The lowest BCUT2D eigenvalue weighted by atomic mass is 10.1. The summed E-state index contributed by atoms with van der Waals surface area (Å²) in [6, 6.07) is 5.57. The lowest BCUT2D eigenvalue weighted by molar-refractivity contribution is -0.117. The van der Waals surface area contributed by atoms with Crippen LogP contribution in [-0.4, -0.2) is 11.0 Å². The van der Waals surface area contributed by atoms with Gasteiger partial charge in [-0.3, -0.25) is 4.79 Å². The monoisotopic (exact) mass is 219 g/mol. The van der Waals surface area contributed by atoms with Crippen molar-refractivity contribution in [2.45, 2.75) is 6.42 Å². The number of nitrogens with two attached hydrogens (primary N) is 1. The maximum atomic E-state index is 11.2. The Labute approximate surface area is 90.1 Å². The molecule has 5 nitrogen and oxygen atoms in total. The number of carbonyl (C=O) groups excluding carboxylic acids is 1. The molecule has 0 aliphatic carbocycles. The first-order chi connectivity index (χ1) is 7.56. The number of benzene rings is 1. The minimum atomic E-state index is -0.575. The standard InChI is InChI=1S/C11H9NO4/c12-10(14)3-6-4-11(15)16-9-5-7(13)1-2-8(6)9/h1-2,4-5,13H,3H2,(H2,12,14). The predicted molar refractivity (Wildman–Crippen MR) is 57.0 cm³/mol. The maximum absolute atomic E-state index is 11.2. The van der Waals surface area contributed by atoms with Crippen molar-refractivity contribution in [1.82, 2.24) is 0 Å². The summed E-state index contributed by atoms with van der Waals surface area (Å²) in [5, 5.41) is 9.83. The molecule has 5 heteroatoms. The van der Waals surface area contributed by atoms with Gasteiger partial charge in [-0.1, -0.05) is 0 Å². The van der Waals surface area contributed by atoms with E-state index in [0.29, 0.717) is 10.9 Å². The number of amides is 1. The second-order valence-electron chi connectivity index (χ2n) is 3.41. The van der Waals surface area contributed by atoms with Gasteiger partial charge < -0.3 is 15.3 Å². The highest BCUT2D eigenvalue weighted by Gasteiger charge is 2.08. The Morgan fingerprint density at radius 1 is 1.38 bits per heavy atom. The molecule has 0 aliphatic rings. The SMILES string of the molecule is NC(=O)Cc1cc(=O)oc2cc(O)ccc12. The molecular formula is C11H9NO4. The number of aromatic hydroxyl groups is 1. The summed E-state index contributed by atoms with van der Waals surface area (Å²) in [6.45, 7) is 0. The first kappa shape index (κ1) is 10.2. The van der Waals surface area contributed by atoms with Crippen molar-refractivity contribution in [3.63, 3.8) is 0 Å². The first-order valence-corrected chi connectivity index (χ1v) is 4.60. The molecule has 0 saturated heterocycles. The van der Waals surface area contributed by atoms with E-state index in [-0.39, 0.29) is 17.8 Å². The number of carbonyl (C=O) groups is 1. The predicted octanol–water partition coefficient (Wildman–Crippen LogP) is 0.526. The second kappa shape index (κ2) is 3.69. The average molecular weight is 219 g/mol. The van der Waals surface area contributed by atoms with E-state index in [1.165, 1.54) is 18.2 Å². The van der Waals surface area contributed by atoms with Crippen molar-refractivity contribution in [1.29, 1.82) is 0 Å². The molecule has 16 heavy (non-hydrogen) atoms. The largest absolute Gasteiger partial charge is 0.508 e. The minimum absolute atomic E-state index is 0.00752. The van der Waals surface area contributed by atoms with Gasteiger partial charge in [0.15, 0.2) is 0 Å². The van der Waals surface area contributed by atoms with Gasteiger partial charge in [0, 0.05) is 17.5 Å². The van der Waals surface area contributed by atoms with Gasteiger partial charge in [0.25, 0.3) is 0 Å². The zero-order valence-corrected chi connectivity index (χ0v) is 8.27. The number of rotatable bonds is 2. The number of hydrogen-bond acceptors (Lipinski definition) is 4. The lowest BCUT2D eigenvalue weighted by Crippen LogP contribution is -2.15. The molecule has 0 radical (unpaired) electrons. The highest BCUT2D eigenvalue weighted by molar-refractivity contribution is 5.86. The number of primary amides is 1. The minimum Gasteiger partial charge on any atom is -0.508 e. The zero-order chi connectivity index (χ0) is 11.7. The van der Waals surface area contributed by atoms with Gasteiger partial charge in [-0.25, -0.2) is 4.79 Å². The van der Waals surface area contributed by atoms with Gasteiger partial charge in [0.1, 0.15) is 11.3 Å². The number of phenolic OH excluding ortho intramolecular Hbond substituents is 1. The van der Waals surface area contributed by atoms with Crippen molar-refractivity contribution >= 4 is 16.9 Å². The van der Waals surface area contributed by atoms with Crippen molar-refractivity contribution in [2.24, 2.45) is 5.73 Å². The van der Waals surface area contributed by atoms with E-state index in [1.54, 1.807) is 6.07 Å². The molecular weight excluding hydrogens is 210 g/mol. The van der Waals surface area contributed by atoms with Gasteiger partial charge in [0.05, 0.1) is 6.42 Å². The van der Waals surface area contributed by atoms with E-state index >= 15 is 0 Å². The molecule has 0 unspecified atom stereocenters. The fourth-order valence-electron chi connectivity index (χ4n) is 1.55. The summed E-state index contributed by atoms with van der Waals surface area (Å²) in [7, 11) is 0. The summed E-state index contributed by atoms with van der Waals surface area (Å²) in [6.07, 6.45) is -0.0348. The summed E-state index contributed by atoms with van der Waals surface area (Å²) >= 11 is 0. The normalized spacial score (nSPS) is 10.5. The Morgan fingerprint density at radius 3 is 2.81 bits per heavy atom. The van der Waals surface area contributed by atoms with Crippen LogP contribution in [0.3, 0.4) is 0 Å².